The zero-order chi connectivity index (χ0) is 19.4. The molecule has 3 aromatic rings. The molecular formula is C23H22N2O2S. The summed E-state index contributed by atoms with van der Waals surface area (Å²) in [6.45, 7) is 0.242. The molecule has 1 aromatic heterocycles. The molecule has 0 radical (unpaired) electrons. The smallest absolute Gasteiger partial charge is 0.312 e. The van der Waals surface area contributed by atoms with E-state index in [1.807, 2.05) is 30.3 Å². The van der Waals surface area contributed by atoms with Gasteiger partial charge in [0.15, 0.2) is 0 Å². The topological polar surface area (TPSA) is 63.0 Å². The molecule has 1 heterocycles. The lowest BCUT2D eigenvalue weighted by Gasteiger charge is -2.34. The van der Waals surface area contributed by atoms with E-state index < -0.39 is 5.41 Å². The van der Waals surface area contributed by atoms with Crippen LogP contribution in [-0.2, 0) is 22.6 Å². The third-order valence-electron chi connectivity index (χ3n) is 5.52. The zero-order valence-corrected chi connectivity index (χ0v) is 16.5. The Morgan fingerprint density at radius 2 is 1.86 bits per heavy atom. The van der Waals surface area contributed by atoms with Crippen molar-refractivity contribution in [2.24, 2.45) is 5.41 Å². The molecule has 0 amide bonds. The fourth-order valence-corrected chi connectivity index (χ4v) is 5.06. The van der Waals surface area contributed by atoms with Gasteiger partial charge in [0.2, 0.25) is 0 Å². The molecule has 1 saturated carbocycles. The molecule has 0 atom stereocenters. The number of thiazole rings is 1. The molecule has 1 fully saturated rings. The van der Waals surface area contributed by atoms with Crippen molar-refractivity contribution < 1.29 is 9.53 Å². The van der Waals surface area contributed by atoms with E-state index in [2.05, 4.69) is 12.1 Å². The lowest BCUT2D eigenvalue weighted by molar-refractivity contribution is -0.159. The molecule has 2 aromatic carbocycles. The van der Waals surface area contributed by atoms with E-state index in [1.165, 1.54) is 6.42 Å². The molecule has 0 N–H and O–H groups in total. The lowest BCUT2D eigenvalue weighted by atomic mass is 9.72. The van der Waals surface area contributed by atoms with Crippen molar-refractivity contribution in [3.63, 3.8) is 0 Å². The maximum Gasteiger partial charge on any atom is 0.312 e. The van der Waals surface area contributed by atoms with E-state index in [0.29, 0.717) is 12.0 Å². The van der Waals surface area contributed by atoms with E-state index >= 15 is 0 Å². The van der Waals surface area contributed by atoms with Crippen molar-refractivity contribution in [3.05, 3.63) is 64.7 Å². The standard InChI is InChI=1S/C23H22N2O2S/c24-15-17-8-10-18(11-9-17)16-27-22(26)23(12-4-1-5-13-23)14-21-25-19-6-2-3-7-20(19)28-21/h2-3,6-11H,1,4-5,12-14,16H2. The third kappa shape index (κ3) is 3.93. The fourth-order valence-electron chi connectivity index (χ4n) is 3.94. The highest BCUT2D eigenvalue weighted by molar-refractivity contribution is 7.18. The number of nitriles is 1. The van der Waals surface area contributed by atoms with Crippen molar-refractivity contribution >= 4 is 27.5 Å². The number of hydrogen-bond donors (Lipinski definition) is 0. The van der Waals surface area contributed by atoms with Crippen LogP contribution in [0.1, 0.15) is 48.2 Å². The molecule has 0 bridgehead atoms. The Morgan fingerprint density at radius 1 is 1.11 bits per heavy atom. The SMILES string of the molecule is N#Cc1ccc(COC(=O)C2(Cc3nc4ccccc4s3)CCCCC2)cc1. The van der Waals surface area contributed by atoms with Crippen LogP contribution >= 0.6 is 11.3 Å². The number of rotatable bonds is 5. The van der Waals surface area contributed by atoms with Gasteiger partial charge in [-0.1, -0.05) is 43.5 Å². The number of fused-ring (bicyclic) bond motifs is 1. The second-order valence-corrected chi connectivity index (χ2v) is 8.59. The number of esters is 1. The van der Waals surface area contributed by atoms with Gasteiger partial charge in [0, 0.05) is 6.42 Å². The van der Waals surface area contributed by atoms with Crippen LogP contribution in [0, 0.1) is 16.7 Å². The molecule has 1 aliphatic carbocycles. The van der Waals surface area contributed by atoms with Gasteiger partial charge in [0.25, 0.3) is 0 Å². The number of para-hydroxylation sites is 1. The quantitative estimate of drug-likeness (QED) is 0.547. The molecule has 0 saturated heterocycles. The Labute approximate surface area is 168 Å². The van der Waals surface area contributed by atoms with Crippen molar-refractivity contribution in [3.8, 4) is 6.07 Å². The highest BCUT2D eigenvalue weighted by Crippen LogP contribution is 2.42. The first-order chi connectivity index (χ1) is 13.7. The van der Waals surface area contributed by atoms with Crippen molar-refractivity contribution in [2.45, 2.75) is 45.1 Å². The predicted octanol–water partition coefficient (Wildman–Crippen LogP) is 5.40. The van der Waals surface area contributed by atoms with Crippen LogP contribution in [-0.4, -0.2) is 11.0 Å². The van der Waals surface area contributed by atoms with Crippen molar-refractivity contribution in [1.29, 1.82) is 5.26 Å². The number of hydrogen-bond acceptors (Lipinski definition) is 5. The van der Waals surface area contributed by atoms with Crippen molar-refractivity contribution in [2.75, 3.05) is 0 Å². The second kappa shape index (κ2) is 8.12. The monoisotopic (exact) mass is 390 g/mol. The Bertz CT molecular complexity index is 978. The van der Waals surface area contributed by atoms with Crippen LogP contribution in [0.15, 0.2) is 48.5 Å². The highest BCUT2D eigenvalue weighted by atomic mass is 32.1. The predicted molar refractivity (Wildman–Crippen MR) is 110 cm³/mol. The van der Waals surface area contributed by atoms with Gasteiger partial charge in [-0.3, -0.25) is 4.79 Å². The second-order valence-electron chi connectivity index (χ2n) is 7.48. The normalized spacial score (nSPS) is 15.8. The van der Waals surface area contributed by atoms with Crippen molar-refractivity contribution in [1.82, 2.24) is 4.98 Å². The van der Waals surface area contributed by atoms with Crippen LogP contribution in [0.2, 0.25) is 0 Å². The number of benzene rings is 2. The van der Waals surface area contributed by atoms with Gasteiger partial charge in [-0.15, -0.1) is 11.3 Å². The minimum absolute atomic E-state index is 0.115. The van der Waals surface area contributed by atoms with E-state index in [-0.39, 0.29) is 12.6 Å². The largest absolute Gasteiger partial charge is 0.460 e. The molecule has 1 aliphatic rings. The van der Waals surface area contributed by atoms with Gasteiger partial charge >= 0.3 is 5.97 Å². The molecule has 4 nitrogen and oxygen atoms in total. The summed E-state index contributed by atoms with van der Waals surface area (Å²) in [6.07, 6.45) is 5.64. The molecule has 142 valence electrons. The Hall–Kier alpha value is -2.71. The summed E-state index contributed by atoms with van der Waals surface area (Å²) in [6, 6.07) is 17.4. The number of ether oxygens (including phenoxy) is 1. The first kappa shape index (κ1) is 18.6. The minimum Gasteiger partial charge on any atom is -0.460 e. The van der Waals surface area contributed by atoms with E-state index in [1.54, 1.807) is 23.5 Å². The summed E-state index contributed by atoms with van der Waals surface area (Å²) in [5, 5.41) is 9.92. The summed E-state index contributed by atoms with van der Waals surface area (Å²) in [5.74, 6) is -0.115. The Balaban J connectivity index is 1.50. The average Bonchev–Trinajstić information content (AvgIpc) is 3.15. The zero-order valence-electron chi connectivity index (χ0n) is 15.7. The van der Waals surface area contributed by atoms with Gasteiger partial charge in [0.1, 0.15) is 6.61 Å². The maximum absolute atomic E-state index is 13.1. The van der Waals surface area contributed by atoms with Crippen LogP contribution in [0.4, 0.5) is 0 Å². The molecule has 4 rings (SSSR count). The molecule has 0 aliphatic heterocycles. The third-order valence-corrected chi connectivity index (χ3v) is 6.56. The first-order valence-electron chi connectivity index (χ1n) is 9.69. The minimum atomic E-state index is -0.473. The molecule has 28 heavy (non-hydrogen) atoms. The van der Waals surface area contributed by atoms with E-state index in [0.717, 1.165) is 46.5 Å². The Morgan fingerprint density at radius 3 is 2.57 bits per heavy atom. The van der Waals surface area contributed by atoms with E-state index in [4.69, 9.17) is 15.0 Å². The first-order valence-corrected chi connectivity index (χ1v) is 10.5. The van der Waals surface area contributed by atoms with Crippen LogP contribution in [0.25, 0.3) is 10.2 Å². The van der Waals surface area contributed by atoms with E-state index in [9.17, 15) is 4.79 Å². The number of aromatic nitrogens is 1. The average molecular weight is 391 g/mol. The Kier molecular flexibility index (Phi) is 5.40. The summed E-state index contributed by atoms with van der Waals surface area (Å²) in [7, 11) is 0. The van der Waals surface area contributed by atoms with Gasteiger partial charge in [-0.2, -0.15) is 5.26 Å². The number of carbonyl (C=O) groups excluding carboxylic acids is 1. The van der Waals surface area contributed by atoms with Crippen LogP contribution in [0.3, 0.4) is 0 Å². The highest BCUT2D eigenvalue weighted by Gasteiger charge is 2.42. The molecular weight excluding hydrogens is 368 g/mol. The van der Waals surface area contributed by atoms with Gasteiger partial charge in [-0.25, -0.2) is 4.98 Å². The summed E-state index contributed by atoms with van der Waals surface area (Å²) < 4.78 is 6.91. The molecule has 0 spiro atoms. The number of carbonyl (C=O) groups is 1. The summed E-state index contributed by atoms with van der Waals surface area (Å²) in [4.78, 5) is 17.9. The van der Waals surface area contributed by atoms with Gasteiger partial charge in [0.05, 0.1) is 32.3 Å². The fraction of sp³-hybridized carbons (Fsp3) is 0.348. The summed E-state index contributed by atoms with van der Waals surface area (Å²) >= 11 is 1.68. The molecule has 5 heteroatoms. The van der Waals surface area contributed by atoms with Gasteiger partial charge < -0.3 is 4.74 Å². The summed E-state index contributed by atoms with van der Waals surface area (Å²) in [5.41, 5.74) is 2.03. The molecule has 0 unspecified atom stereocenters. The number of nitrogens with zero attached hydrogens (tertiary/aromatic N) is 2. The lowest BCUT2D eigenvalue weighted by Crippen LogP contribution is -2.37. The maximum atomic E-state index is 13.1. The van der Waals surface area contributed by atoms with Gasteiger partial charge in [-0.05, 0) is 42.7 Å². The van der Waals surface area contributed by atoms with Crippen LogP contribution in [0.5, 0.6) is 0 Å². The van der Waals surface area contributed by atoms with Crippen LogP contribution < -0.4 is 0 Å².